The lowest BCUT2D eigenvalue weighted by atomic mass is 10.2. The zero-order valence-corrected chi connectivity index (χ0v) is 22.9. The molecular weight excluding hydrogens is 555 g/mol. The van der Waals surface area contributed by atoms with Gasteiger partial charge in [-0.15, -0.1) is 13.5 Å². The van der Waals surface area contributed by atoms with Gasteiger partial charge in [-0.25, -0.2) is 0 Å². The highest BCUT2D eigenvalue weighted by atomic mass is 32.4. The van der Waals surface area contributed by atoms with E-state index in [4.69, 9.17) is 41.7 Å². The van der Waals surface area contributed by atoms with Gasteiger partial charge in [-0.1, -0.05) is 72.2 Å². The first-order chi connectivity index (χ1) is 15.1. The van der Waals surface area contributed by atoms with E-state index in [9.17, 15) is 0 Å². The second-order valence-electron chi connectivity index (χ2n) is 8.09. The third-order valence-corrected chi connectivity index (χ3v) is 20.0. The van der Waals surface area contributed by atoms with Crippen LogP contribution in [0.15, 0.2) is 62.2 Å². The second kappa shape index (κ2) is 8.95. The fourth-order valence-corrected chi connectivity index (χ4v) is 21.2. The molecule has 0 aromatic carbocycles. The van der Waals surface area contributed by atoms with Gasteiger partial charge in [0, 0.05) is 23.9 Å². The summed E-state index contributed by atoms with van der Waals surface area (Å²) >= 11 is 11.6. The van der Waals surface area contributed by atoms with E-state index >= 15 is 8.39 Å². The van der Waals surface area contributed by atoms with E-state index in [2.05, 4.69) is 25.7 Å². The molecule has 7 nitrogen and oxygen atoms in total. The van der Waals surface area contributed by atoms with Gasteiger partial charge < -0.3 is 9.05 Å². The molecular formula is C16H22F2N3O4P5S2. The first-order valence-corrected chi connectivity index (χ1v) is 21.1. The van der Waals surface area contributed by atoms with E-state index in [1.165, 1.54) is 0 Å². The Morgan fingerprint density at radius 1 is 0.656 bits per heavy atom. The summed E-state index contributed by atoms with van der Waals surface area (Å²) in [6.07, 6.45) is 17.3. The number of hydrogen-bond acceptors (Lipinski definition) is 9. The molecule has 0 aromatic heterocycles. The standard InChI is InChI=1S/C16H22F2N3O4P5S2/c17-28-19-29(18,23-12-26(31,11-22-28)9-15-5-1-2-6-15)21-30(20-28)24-13-27(32,14-25-30)10-16-7-3-4-8-16/h1-8,15-16H,9-14H2. The largest absolute Gasteiger partial charge is 0.387 e. The van der Waals surface area contributed by atoms with Crippen LogP contribution in [-0.4, -0.2) is 37.7 Å². The monoisotopic (exact) mass is 577 g/mol. The fraction of sp³-hybridized carbons (Fsp3) is 0.500. The number of allylic oxidation sites excluding steroid dienone is 8. The molecule has 3 aliphatic heterocycles. The summed E-state index contributed by atoms with van der Waals surface area (Å²) in [5, 5.41) is 0. The normalized spacial score (nSPS) is 45.9. The molecule has 3 unspecified atom stereocenters. The minimum atomic E-state index is -4.39. The Morgan fingerprint density at radius 2 is 1.06 bits per heavy atom. The highest BCUT2D eigenvalue weighted by molar-refractivity contribution is 8.15. The van der Waals surface area contributed by atoms with Crippen molar-refractivity contribution in [3.8, 4) is 0 Å². The number of hydrogen-bond donors (Lipinski definition) is 0. The lowest BCUT2D eigenvalue weighted by Gasteiger charge is -2.37. The van der Waals surface area contributed by atoms with Crippen molar-refractivity contribution in [2.45, 2.75) is 0 Å². The topological polar surface area (TPSA) is 74.0 Å². The quantitative estimate of drug-likeness (QED) is 0.314. The van der Waals surface area contributed by atoms with Gasteiger partial charge in [0.15, 0.2) is 0 Å². The highest BCUT2D eigenvalue weighted by Crippen LogP contribution is 2.84. The lowest BCUT2D eigenvalue weighted by molar-refractivity contribution is 0.276. The van der Waals surface area contributed by atoms with Crippen LogP contribution in [0.25, 0.3) is 0 Å². The molecule has 1 saturated heterocycles. The molecule has 0 amide bonds. The summed E-state index contributed by atoms with van der Waals surface area (Å²) in [6.45, 7) is 0. The Labute approximate surface area is 196 Å². The Kier molecular flexibility index (Phi) is 6.81. The molecule has 5 aliphatic rings. The summed E-state index contributed by atoms with van der Waals surface area (Å²) in [4.78, 5) is 0. The second-order valence-corrected chi connectivity index (χ2v) is 24.8. The van der Waals surface area contributed by atoms with Crippen molar-refractivity contribution in [1.29, 1.82) is 0 Å². The molecule has 5 rings (SSSR count). The zero-order valence-electron chi connectivity index (χ0n) is 16.8. The summed E-state index contributed by atoms with van der Waals surface area (Å²) < 4.78 is 65.6. The molecule has 1 spiro atoms. The maximum absolute atomic E-state index is 15.7. The average molecular weight is 577 g/mol. The van der Waals surface area contributed by atoms with Crippen LogP contribution in [0, 0.1) is 11.8 Å². The molecule has 3 heterocycles. The molecule has 3 atom stereocenters. The summed E-state index contributed by atoms with van der Waals surface area (Å²) in [5.41, 5.74) is 0. The van der Waals surface area contributed by atoms with Crippen LogP contribution >= 0.6 is 35.2 Å². The van der Waals surface area contributed by atoms with E-state index in [0.29, 0.717) is 12.3 Å². The van der Waals surface area contributed by atoms with Crippen LogP contribution in [0.3, 0.4) is 0 Å². The van der Waals surface area contributed by atoms with Crippen LogP contribution in [0.4, 0.5) is 8.39 Å². The summed E-state index contributed by atoms with van der Waals surface area (Å²) in [7, 11) is -12.4. The van der Waals surface area contributed by atoms with Gasteiger partial charge in [0.2, 0.25) is 0 Å². The summed E-state index contributed by atoms with van der Waals surface area (Å²) in [5.74, 6) is 0.334. The third-order valence-electron chi connectivity index (χ3n) is 5.25. The number of rotatable bonds is 4. The predicted octanol–water partition coefficient (Wildman–Crippen LogP) is 8.14. The Hall–Kier alpha value is 0.650. The minimum Gasteiger partial charge on any atom is -0.301 e. The Bertz CT molecular complexity index is 1160. The molecule has 0 N–H and O–H groups in total. The first kappa shape index (κ1) is 24.3. The molecule has 0 aromatic rings. The van der Waals surface area contributed by atoms with Gasteiger partial charge in [0.05, 0.1) is 25.4 Å². The van der Waals surface area contributed by atoms with Crippen LogP contribution in [0.5, 0.6) is 0 Å². The predicted molar refractivity (Wildman–Crippen MR) is 136 cm³/mol. The lowest BCUT2D eigenvalue weighted by Crippen LogP contribution is -2.15. The minimum absolute atomic E-state index is 0.0733. The number of nitrogens with zero attached hydrogens (tertiary/aromatic N) is 3. The van der Waals surface area contributed by atoms with Gasteiger partial charge in [0.1, 0.15) is 0 Å². The average Bonchev–Trinajstić information content (AvgIpc) is 3.42. The summed E-state index contributed by atoms with van der Waals surface area (Å²) in [6, 6.07) is -4.42. The van der Waals surface area contributed by atoms with E-state index in [1.54, 1.807) is 0 Å². The van der Waals surface area contributed by atoms with Gasteiger partial charge in [-0.3, -0.25) is 9.05 Å². The van der Waals surface area contributed by atoms with Crippen molar-refractivity contribution in [3.05, 3.63) is 48.6 Å². The van der Waals surface area contributed by atoms with Crippen molar-refractivity contribution in [2.75, 3.05) is 37.7 Å². The van der Waals surface area contributed by atoms with Gasteiger partial charge in [0.25, 0.3) is 0 Å². The van der Waals surface area contributed by atoms with Gasteiger partial charge in [-0.2, -0.15) is 8.39 Å². The zero-order chi connectivity index (χ0) is 22.5. The van der Waals surface area contributed by atoms with E-state index < -0.39 is 35.2 Å². The molecule has 2 bridgehead atoms. The van der Waals surface area contributed by atoms with E-state index in [-0.39, 0.29) is 37.2 Å². The molecule has 32 heavy (non-hydrogen) atoms. The third kappa shape index (κ3) is 5.40. The van der Waals surface area contributed by atoms with Crippen LogP contribution < -0.4 is 0 Å². The smallest absolute Gasteiger partial charge is 0.301 e. The Morgan fingerprint density at radius 3 is 1.53 bits per heavy atom. The molecule has 1 fully saturated rings. The molecule has 0 radical (unpaired) electrons. The van der Waals surface area contributed by atoms with Crippen LogP contribution in [-0.2, 0) is 41.7 Å². The van der Waals surface area contributed by atoms with E-state index in [1.807, 2.05) is 36.5 Å². The SMILES string of the molecule is FP12=NP(F)(=NP3(=N1)OCP(=S)(CC1C=CC=C1)CO3)OCP(=S)(CC1C=CC=C1)CO2. The van der Waals surface area contributed by atoms with Crippen molar-refractivity contribution in [3.63, 3.8) is 0 Å². The molecule has 16 heteroatoms. The Balaban J connectivity index is 1.37. The van der Waals surface area contributed by atoms with Crippen molar-refractivity contribution in [1.82, 2.24) is 0 Å². The van der Waals surface area contributed by atoms with Gasteiger partial charge >= 0.3 is 23.1 Å². The van der Waals surface area contributed by atoms with Crippen LogP contribution in [0.2, 0.25) is 0 Å². The maximum atomic E-state index is 15.7. The van der Waals surface area contributed by atoms with Crippen molar-refractivity contribution in [2.24, 2.45) is 25.4 Å². The maximum Gasteiger partial charge on any atom is 0.387 e. The molecule has 0 saturated carbocycles. The van der Waals surface area contributed by atoms with Crippen LogP contribution in [0.1, 0.15) is 0 Å². The van der Waals surface area contributed by atoms with Crippen molar-refractivity contribution < 1.29 is 26.5 Å². The van der Waals surface area contributed by atoms with Gasteiger partial charge in [-0.05, 0) is 12.3 Å². The van der Waals surface area contributed by atoms with E-state index in [0.717, 1.165) is 0 Å². The highest BCUT2D eigenvalue weighted by Gasteiger charge is 2.47. The molecule has 176 valence electrons. The fourth-order valence-electron chi connectivity index (χ4n) is 3.68. The van der Waals surface area contributed by atoms with Crippen molar-refractivity contribution >= 4 is 58.8 Å². The number of fused-ring (bicyclic) bond motifs is 1. The number of halogens is 2. The molecule has 2 aliphatic carbocycles. The first-order valence-electron chi connectivity index (χ1n) is 9.84.